The molecule has 70 heavy (non-hydrogen) atoms. The number of likely N-dealkylation sites (tertiary alicyclic amines) is 2. The van der Waals surface area contributed by atoms with Gasteiger partial charge in [0.1, 0.15) is 41.4 Å². The molecule has 5 atom stereocenters. The lowest BCUT2D eigenvalue weighted by molar-refractivity contribution is -0.152. The van der Waals surface area contributed by atoms with Crippen molar-refractivity contribution >= 4 is 47.8 Å². The number of nitrogens with one attached hydrogen (secondary N) is 6. The van der Waals surface area contributed by atoms with Crippen molar-refractivity contribution in [1.29, 1.82) is 0 Å². The fraction of sp³-hybridized carbons (Fsp3) is 0.608. The maximum absolute atomic E-state index is 14.4. The molecule has 0 radical (unpaired) electrons. The Morgan fingerprint density at radius 1 is 0.600 bits per heavy atom. The molecule has 1 spiro atoms. The lowest BCUT2D eigenvalue weighted by atomic mass is 9.71. The van der Waals surface area contributed by atoms with Gasteiger partial charge in [-0.25, -0.2) is 14.4 Å². The molecule has 4 rings (SSSR count). The number of alkyl carbamates (subject to hydrolysis) is 2. The Kier molecular flexibility index (Phi) is 20.4. The highest BCUT2D eigenvalue weighted by Crippen LogP contribution is 2.41. The normalized spacial score (nSPS) is 16.5. The Labute approximate surface area is 412 Å². The van der Waals surface area contributed by atoms with Gasteiger partial charge in [-0.3, -0.25) is 24.0 Å². The van der Waals surface area contributed by atoms with E-state index in [9.17, 15) is 43.5 Å². The highest BCUT2D eigenvalue weighted by atomic mass is 16.6. The van der Waals surface area contributed by atoms with E-state index in [0.717, 1.165) is 0 Å². The van der Waals surface area contributed by atoms with E-state index in [-0.39, 0.29) is 55.4 Å². The number of benzene rings is 2. The molecule has 2 aliphatic rings. The molecule has 2 saturated heterocycles. The lowest BCUT2D eigenvalue weighted by Crippen LogP contribution is -2.65. The van der Waals surface area contributed by atoms with E-state index in [2.05, 4.69) is 31.9 Å². The number of unbranched alkanes of at least 4 members (excludes halogenated alkanes) is 1. The first-order valence-corrected chi connectivity index (χ1v) is 24.3. The molecule has 0 unspecified atom stereocenters. The second-order valence-corrected chi connectivity index (χ2v) is 21.0. The molecule has 0 bridgehead atoms. The maximum Gasteiger partial charge on any atom is 0.408 e. The van der Waals surface area contributed by atoms with Gasteiger partial charge < -0.3 is 56.3 Å². The van der Waals surface area contributed by atoms with E-state index in [1.807, 2.05) is 19.9 Å². The van der Waals surface area contributed by atoms with Gasteiger partial charge in [0.25, 0.3) is 0 Å². The van der Waals surface area contributed by atoms with Gasteiger partial charge in [-0.1, -0.05) is 74.5 Å². The van der Waals surface area contributed by atoms with Crippen LogP contribution in [-0.2, 0) is 46.3 Å². The first-order chi connectivity index (χ1) is 32.8. The zero-order valence-corrected chi connectivity index (χ0v) is 42.4. The Morgan fingerprint density at radius 3 is 1.57 bits per heavy atom. The van der Waals surface area contributed by atoms with Crippen LogP contribution in [0.1, 0.15) is 112 Å². The number of ether oxygens (including phenoxy) is 2. The third kappa shape index (κ3) is 18.8. The van der Waals surface area contributed by atoms with Crippen LogP contribution in [0.25, 0.3) is 0 Å². The molecule has 0 aromatic heterocycles. The summed E-state index contributed by atoms with van der Waals surface area (Å²) in [5.74, 6) is -2.62. The average Bonchev–Trinajstić information content (AvgIpc) is 3.25. The van der Waals surface area contributed by atoms with Crippen molar-refractivity contribution in [3.05, 3.63) is 71.8 Å². The van der Waals surface area contributed by atoms with Gasteiger partial charge in [-0.15, -0.1) is 0 Å². The van der Waals surface area contributed by atoms with Crippen LogP contribution in [0.4, 0.5) is 14.4 Å². The summed E-state index contributed by atoms with van der Waals surface area (Å²) in [5.41, 5.74) is -0.185. The van der Waals surface area contributed by atoms with Crippen molar-refractivity contribution in [3.63, 3.8) is 0 Å². The van der Waals surface area contributed by atoms with E-state index in [4.69, 9.17) is 9.47 Å². The molecule has 8 amide bonds. The summed E-state index contributed by atoms with van der Waals surface area (Å²) in [6.07, 6.45) is -0.0436. The van der Waals surface area contributed by atoms with E-state index in [0.29, 0.717) is 63.0 Å². The minimum atomic E-state index is -1.41. The molecule has 386 valence electrons. The monoisotopic (exact) mass is 977 g/mol. The van der Waals surface area contributed by atoms with Gasteiger partial charge >= 0.3 is 18.3 Å². The Bertz CT molecular complexity index is 2090. The number of hydrogen-bond donors (Lipinski definition) is 7. The van der Waals surface area contributed by atoms with Crippen LogP contribution in [0.15, 0.2) is 60.7 Å². The van der Waals surface area contributed by atoms with Gasteiger partial charge in [0.05, 0.1) is 0 Å². The summed E-state index contributed by atoms with van der Waals surface area (Å²) in [6, 6.07) is 12.5. The predicted octanol–water partition coefficient (Wildman–Crippen LogP) is 4.67. The number of nitrogens with zero attached hydrogens (tertiary/aromatic N) is 2. The highest BCUT2D eigenvalue weighted by Gasteiger charge is 2.48. The van der Waals surface area contributed by atoms with Crippen LogP contribution < -0.4 is 31.9 Å². The fourth-order valence-electron chi connectivity index (χ4n) is 8.50. The molecule has 19 heteroatoms. The van der Waals surface area contributed by atoms with Gasteiger partial charge in [-0.05, 0) is 104 Å². The molecule has 0 aliphatic carbocycles. The summed E-state index contributed by atoms with van der Waals surface area (Å²) in [4.78, 5) is 110. The number of amides is 8. The number of carboxylic acid groups (broad SMARTS) is 1. The van der Waals surface area contributed by atoms with E-state index >= 15 is 0 Å². The molecular formula is C51H76N8O11. The maximum atomic E-state index is 14.4. The van der Waals surface area contributed by atoms with Gasteiger partial charge in [0, 0.05) is 51.0 Å². The van der Waals surface area contributed by atoms with Crippen molar-refractivity contribution < 1.29 is 52.9 Å². The third-order valence-electron chi connectivity index (χ3n) is 12.0. The molecule has 0 saturated carbocycles. The zero-order valence-electron chi connectivity index (χ0n) is 42.4. The Morgan fingerprint density at radius 2 is 1.07 bits per heavy atom. The standard InChI is InChI=1S/C51H76N8O11/c1-33(2)28-38(55-42(61)39(29-35-18-12-10-13-19-35)56-43(62)40(57-46(65)66)30-36-20-14-11-15-21-36)41(60)54-37(22-16-17-25-52-47(67)69-49(4,5)6)45(64)58-26-23-51(24-27-58)31-59(32-51)44(63)34(3)53-48(68)70-50(7,8)9/h10-15,18-21,33-34,37-40,57H,16-17,22-32H2,1-9H3,(H,52,67)(H,53,68)(H,54,60)(H,55,61)(H,56,62)(H,65,66)/t34-,37-,38-,39-,40-/m1/s1. The molecule has 2 aliphatic heterocycles. The molecule has 2 aromatic carbocycles. The summed E-state index contributed by atoms with van der Waals surface area (Å²) >= 11 is 0. The molecule has 2 aromatic rings. The first-order valence-electron chi connectivity index (χ1n) is 24.3. The summed E-state index contributed by atoms with van der Waals surface area (Å²) in [5, 5.41) is 25.8. The predicted molar refractivity (Wildman–Crippen MR) is 262 cm³/mol. The van der Waals surface area contributed by atoms with Crippen molar-refractivity contribution in [2.75, 3.05) is 32.7 Å². The van der Waals surface area contributed by atoms with Gasteiger partial charge in [0.2, 0.25) is 29.5 Å². The lowest BCUT2D eigenvalue weighted by Gasteiger charge is -2.54. The van der Waals surface area contributed by atoms with Crippen LogP contribution >= 0.6 is 0 Å². The van der Waals surface area contributed by atoms with Crippen LogP contribution in [0.2, 0.25) is 0 Å². The quantitative estimate of drug-likeness (QED) is 0.0847. The number of carbonyl (C=O) groups excluding carboxylic acids is 7. The fourth-order valence-corrected chi connectivity index (χ4v) is 8.50. The second kappa shape index (κ2) is 25.5. The van der Waals surface area contributed by atoms with Crippen molar-refractivity contribution in [1.82, 2.24) is 41.7 Å². The molecule has 2 fully saturated rings. The van der Waals surface area contributed by atoms with Crippen molar-refractivity contribution in [3.8, 4) is 0 Å². The number of carbonyl (C=O) groups is 8. The first kappa shape index (κ1) is 56.2. The zero-order chi connectivity index (χ0) is 51.8. The summed E-state index contributed by atoms with van der Waals surface area (Å²) in [6.45, 7) is 17.9. The van der Waals surface area contributed by atoms with E-state index < -0.39 is 77.4 Å². The van der Waals surface area contributed by atoms with Crippen molar-refractivity contribution in [2.45, 2.75) is 155 Å². The molecule has 7 N–H and O–H groups in total. The number of hydrogen-bond acceptors (Lipinski definition) is 10. The Balaban J connectivity index is 1.48. The van der Waals surface area contributed by atoms with E-state index in [1.54, 1.807) is 113 Å². The van der Waals surface area contributed by atoms with Crippen LogP contribution in [0, 0.1) is 11.3 Å². The van der Waals surface area contributed by atoms with Crippen LogP contribution in [0.5, 0.6) is 0 Å². The average molecular weight is 977 g/mol. The second-order valence-electron chi connectivity index (χ2n) is 21.0. The van der Waals surface area contributed by atoms with Crippen molar-refractivity contribution in [2.24, 2.45) is 11.3 Å². The summed E-state index contributed by atoms with van der Waals surface area (Å²) in [7, 11) is 0. The largest absolute Gasteiger partial charge is 0.465 e. The topological polar surface area (TPSA) is 254 Å². The van der Waals surface area contributed by atoms with Gasteiger partial charge in [-0.2, -0.15) is 0 Å². The minimum absolute atomic E-state index is 0.0218. The van der Waals surface area contributed by atoms with Gasteiger partial charge in [0.15, 0.2) is 0 Å². The third-order valence-corrected chi connectivity index (χ3v) is 12.0. The molecule has 19 nitrogen and oxygen atoms in total. The Hall–Kier alpha value is -6.40. The SMILES string of the molecule is CC(C)C[C@@H](NC(=O)[C@@H](Cc1ccccc1)NC(=O)[C@@H](Cc1ccccc1)NC(=O)O)C(=O)N[C@H](CCCCNC(=O)OC(C)(C)C)C(=O)N1CCC2(CC1)CN(C(=O)[C@@H](C)NC(=O)OC(C)(C)C)C2. The summed E-state index contributed by atoms with van der Waals surface area (Å²) < 4.78 is 10.6. The smallest absolute Gasteiger partial charge is 0.408 e. The highest BCUT2D eigenvalue weighted by molar-refractivity contribution is 5.95. The minimum Gasteiger partial charge on any atom is -0.465 e. The molecular weight excluding hydrogens is 901 g/mol. The van der Waals surface area contributed by atoms with Crippen LogP contribution in [0.3, 0.4) is 0 Å². The van der Waals surface area contributed by atoms with Crippen LogP contribution in [-0.4, -0.2) is 137 Å². The molecule has 2 heterocycles. The number of piperidine rings is 1. The van der Waals surface area contributed by atoms with E-state index in [1.165, 1.54) is 0 Å². The number of rotatable bonds is 21.